The summed E-state index contributed by atoms with van der Waals surface area (Å²) in [4.78, 5) is 27.2. The Morgan fingerprint density at radius 2 is 1.78 bits per heavy atom. The predicted molar refractivity (Wildman–Crippen MR) is 129 cm³/mol. The Hall–Kier alpha value is -1.76. The maximum Gasteiger partial charge on any atom is 0.410 e. The van der Waals surface area contributed by atoms with Crippen LogP contribution < -0.4 is 5.32 Å². The van der Waals surface area contributed by atoms with Gasteiger partial charge in [-0.05, 0) is 77.0 Å². The van der Waals surface area contributed by atoms with Crippen molar-refractivity contribution in [1.82, 2.24) is 10.2 Å². The third-order valence-corrected chi connectivity index (χ3v) is 6.69. The summed E-state index contributed by atoms with van der Waals surface area (Å²) < 4.78 is 12.1. The van der Waals surface area contributed by atoms with Gasteiger partial charge < -0.3 is 19.7 Å². The summed E-state index contributed by atoms with van der Waals surface area (Å²) in [6.07, 6.45) is 5.67. The lowest BCUT2D eigenvalue weighted by atomic mass is 9.90. The van der Waals surface area contributed by atoms with E-state index in [1.165, 1.54) is 5.56 Å². The molecule has 2 aliphatic carbocycles. The molecule has 3 rings (SSSR count). The summed E-state index contributed by atoms with van der Waals surface area (Å²) in [5.74, 6) is 0.361. The first-order valence-electron chi connectivity index (χ1n) is 11.9. The van der Waals surface area contributed by atoms with E-state index in [9.17, 15) is 9.59 Å². The second kappa shape index (κ2) is 10.9. The summed E-state index contributed by atoms with van der Waals surface area (Å²) in [7, 11) is 0. The van der Waals surface area contributed by atoms with E-state index in [0.717, 1.165) is 49.4 Å². The molecule has 178 valence electrons. The number of rotatable bonds is 7. The van der Waals surface area contributed by atoms with E-state index in [0.29, 0.717) is 12.5 Å². The molecule has 0 saturated heterocycles. The average molecular weight is 509 g/mol. The molecule has 2 fully saturated rings. The number of benzene rings is 1. The van der Waals surface area contributed by atoms with Gasteiger partial charge in [0.25, 0.3) is 0 Å². The minimum Gasteiger partial charge on any atom is -0.449 e. The molecule has 0 radical (unpaired) electrons. The molecule has 1 aromatic carbocycles. The number of carbonyl (C=O) groups is 2. The van der Waals surface area contributed by atoms with E-state index >= 15 is 0 Å². The topological polar surface area (TPSA) is 67.9 Å². The van der Waals surface area contributed by atoms with Gasteiger partial charge in [0.05, 0.1) is 6.61 Å². The van der Waals surface area contributed by atoms with Gasteiger partial charge in [-0.15, -0.1) is 0 Å². The predicted octanol–water partition coefficient (Wildman–Crippen LogP) is 6.38. The minimum atomic E-state index is -0.506. The largest absolute Gasteiger partial charge is 0.449 e. The molecule has 2 atom stereocenters. The van der Waals surface area contributed by atoms with Gasteiger partial charge >= 0.3 is 12.2 Å². The second-order valence-electron chi connectivity index (χ2n) is 9.99. The van der Waals surface area contributed by atoms with Crippen LogP contribution in [-0.4, -0.2) is 47.4 Å². The first-order chi connectivity index (χ1) is 15.2. The lowest BCUT2D eigenvalue weighted by Gasteiger charge is -2.37. The number of alkyl carbamates (subject to hydrolysis) is 1. The van der Waals surface area contributed by atoms with Gasteiger partial charge in [0, 0.05) is 28.5 Å². The molecule has 1 N–H and O–H groups in total. The number of nitrogens with zero attached hydrogens (tertiary/aromatic N) is 1. The smallest absolute Gasteiger partial charge is 0.410 e. The number of carbonyl (C=O) groups excluding carboxylic acids is 2. The van der Waals surface area contributed by atoms with Crippen molar-refractivity contribution in [1.29, 1.82) is 0 Å². The van der Waals surface area contributed by atoms with Crippen LogP contribution in [-0.2, 0) is 9.47 Å². The normalized spacial score (nSPS) is 25.0. The molecular weight excluding hydrogens is 472 g/mol. The van der Waals surface area contributed by atoms with Gasteiger partial charge in [0.1, 0.15) is 5.60 Å². The lowest BCUT2D eigenvalue weighted by Crippen LogP contribution is -2.48. The van der Waals surface area contributed by atoms with E-state index in [1.807, 2.05) is 25.7 Å². The first-order valence-corrected chi connectivity index (χ1v) is 12.7. The van der Waals surface area contributed by atoms with Crippen LogP contribution in [0.1, 0.15) is 84.1 Å². The van der Waals surface area contributed by atoms with E-state index in [-0.39, 0.29) is 30.3 Å². The molecule has 2 saturated carbocycles. The van der Waals surface area contributed by atoms with E-state index in [1.54, 1.807) is 0 Å². The van der Waals surface area contributed by atoms with Gasteiger partial charge in [-0.3, -0.25) is 0 Å². The number of amides is 2. The molecule has 0 heterocycles. The van der Waals surface area contributed by atoms with Crippen LogP contribution >= 0.6 is 15.9 Å². The van der Waals surface area contributed by atoms with Crippen molar-refractivity contribution >= 4 is 28.1 Å². The van der Waals surface area contributed by atoms with Crippen molar-refractivity contribution in [2.75, 3.05) is 6.61 Å². The number of ether oxygens (including phenoxy) is 2. The molecule has 0 aromatic heterocycles. The molecule has 32 heavy (non-hydrogen) atoms. The maximum absolute atomic E-state index is 13.1. The molecule has 7 heteroatoms. The second-order valence-corrected chi connectivity index (χ2v) is 10.9. The number of hydrogen-bond acceptors (Lipinski definition) is 4. The SMILES string of the molecule is CCCCOC(=O)N(C1CCC(NC(=O)OC(C)(C)C)CC1)[C@@H]1C[C@H]1c1ccc(Br)cc1. The highest BCUT2D eigenvalue weighted by Crippen LogP contribution is 2.47. The summed E-state index contributed by atoms with van der Waals surface area (Å²) in [5, 5.41) is 2.99. The maximum atomic E-state index is 13.1. The molecule has 0 bridgehead atoms. The minimum absolute atomic E-state index is 0.0838. The fourth-order valence-corrected chi connectivity index (χ4v) is 4.73. The molecule has 1 aromatic rings. The number of hydrogen-bond donors (Lipinski definition) is 1. The van der Waals surface area contributed by atoms with Crippen molar-refractivity contribution in [2.45, 2.75) is 102 Å². The first kappa shape index (κ1) is 24.9. The highest BCUT2D eigenvalue weighted by atomic mass is 79.9. The standard InChI is InChI=1S/C25H37BrN2O4/c1-5-6-15-31-24(30)28(22-16-21(22)17-7-9-18(26)10-8-17)20-13-11-19(12-14-20)27-23(29)32-25(2,3)4/h7-10,19-22H,5-6,11-16H2,1-4H3,(H,27,29)/t19?,20?,21-,22+/m0/s1. The Morgan fingerprint density at radius 3 is 2.38 bits per heavy atom. The van der Waals surface area contributed by atoms with Gasteiger partial charge in [-0.1, -0.05) is 41.4 Å². The van der Waals surface area contributed by atoms with Crippen molar-refractivity contribution in [3.63, 3.8) is 0 Å². The zero-order chi connectivity index (χ0) is 23.3. The molecule has 6 nitrogen and oxygen atoms in total. The Balaban J connectivity index is 1.60. The Labute approximate surface area is 200 Å². The summed E-state index contributed by atoms with van der Waals surface area (Å²) in [5.41, 5.74) is 0.763. The zero-order valence-electron chi connectivity index (χ0n) is 19.7. The van der Waals surface area contributed by atoms with Crippen LogP contribution in [0.3, 0.4) is 0 Å². The van der Waals surface area contributed by atoms with Crippen LogP contribution in [0.15, 0.2) is 28.7 Å². The molecule has 2 amide bonds. The number of unbranched alkanes of at least 4 members (excludes halogenated alkanes) is 1. The summed E-state index contributed by atoms with van der Waals surface area (Å²) >= 11 is 3.50. The van der Waals surface area contributed by atoms with Crippen LogP contribution in [0.25, 0.3) is 0 Å². The van der Waals surface area contributed by atoms with Gasteiger partial charge in [0.2, 0.25) is 0 Å². The van der Waals surface area contributed by atoms with Gasteiger partial charge in [-0.2, -0.15) is 0 Å². The molecule has 0 unspecified atom stereocenters. The van der Waals surface area contributed by atoms with Crippen LogP contribution in [0.2, 0.25) is 0 Å². The van der Waals surface area contributed by atoms with Gasteiger partial charge in [0.15, 0.2) is 0 Å². The lowest BCUT2D eigenvalue weighted by molar-refractivity contribution is 0.0453. The Morgan fingerprint density at radius 1 is 1.12 bits per heavy atom. The molecular formula is C25H37BrN2O4. The fraction of sp³-hybridized carbons (Fsp3) is 0.680. The van der Waals surface area contributed by atoms with Crippen LogP contribution in [0.4, 0.5) is 9.59 Å². The molecule has 0 aliphatic heterocycles. The number of halogens is 1. The van der Waals surface area contributed by atoms with Crippen molar-refractivity contribution < 1.29 is 19.1 Å². The third-order valence-electron chi connectivity index (χ3n) is 6.16. The number of nitrogens with one attached hydrogen (secondary N) is 1. The highest BCUT2D eigenvalue weighted by Gasteiger charge is 2.48. The fourth-order valence-electron chi connectivity index (χ4n) is 4.46. The van der Waals surface area contributed by atoms with Crippen LogP contribution in [0.5, 0.6) is 0 Å². The average Bonchev–Trinajstić information content (AvgIpc) is 3.49. The van der Waals surface area contributed by atoms with E-state index < -0.39 is 5.60 Å². The van der Waals surface area contributed by atoms with E-state index in [2.05, 4.69) is 52.4 Å². The summed E-state index contributed by atoms with van der Waals surface area (Å²) in [6.45, 7) is 8.15. The Bertz CT molecular complexity index is 769. The quantitative estimate of drug-likeness (QED) is 0.433. The molecule has 0 spiro atoms. The Kier molecular flexibility index (Phi) is 8.48. The third kappa shape index (κ3) is 7.12. The van der Waals surface area contributed by atoms with Crippen LogP contribution in [0, 0.1) is 0 Å². The molecule has 2 aliphatic rings. The van der Waals surface area contributed by atoms with Crippen molar-refractivity contribution in [3.8, 4) is 0 Å². The zero-order valence-corrected chi connectivity index (χ0v) is 21.3. The van der Waals surface area contributed by atoms with Crippen molar-refractivity contribution in [2.24, 2.45) is 0 Å². The van der Waals surface area contributed by atoms with Gasteiger partial charge in [-0.25, -0.2) is 9.59 Å². The van der Waals surface area contributed by atoms with Crippen molar-refractivity contribution in [3.05, 3.63) is 34.3 Å². The van der Waals surface area contributed by atoms with E-state index in [4.69, 9.17) is 9.47 Å². The monoisotopic (exact) mass is 508 g/mol. The highest BCUT2D eigenvalue weighted by molar-refractivity contribution is 9.10. The summed E-state index contributed by atoms with van der Waals surface area (Å²) in [6, 6.07) is 8.80.